The molecule has 0 amide bonds. The maximum absolute atomic E-state index is 10.3. The Morgan fingerprint density at radius 2 is 1.14 bits per heavy atom. The number of hydrogen-bond acceptors (Lipinski definition) is 3. The highest BCUT2D eigenvalue weighted by molar-refractivity contribution is 7.00. The normalized spacial score (nSPS) is 17.7. The fraction of sp³-hybridized carbons (Fsp3) is 0.600. The van der Waals surface area contributed by atoms with Crippen LogP contribution in [-0.2, 0) is 21.5 Å². The Hall–Kier alpha value is -2.24. The third-order valence-corrected chi connectivity index (χ3v) is 16.0. The maximum atomic E-state index is 10.3. The van der Waals surface area contributed by atoms with Crippen LogP contribution in [0.2, 0.25) is 13.1 Å². The predicted molar refractivity (Wildman–Crippen MR) is 211 cm³/mol. The molecule has 1 heterocycles. The van der Waals surface area contributed by atoms with E-state index in [9.17, 15) is 5.11 Å². The van der Waals surface area contributed by atoms with E-state index in [4.69, 9.17) is 9.47 Å². The summed E-state index contributed by atoms with van der Waals surface area (Å²) in [6, 6.07) is 23.2. The summed E-state index contributed by atoms with van der Waals surface area (Å²) in [6.45, 7) is 18.2. The van der Waals surface area contributed by atoms with Gasteiger partial charge in [-0.3, -0.25) is 0 Å². The molecule has 268 valence electrons. The highest BCUT2D eigenvalue weighted by Gasteiger charge is 2.50. The average molecular weight is 683 g/mol. The molecule has 0 aromatic heterocycles. The average Bonchev–Trinajstić information content (AvgIpc) is 3.48. The lowest BCUT2D eigenvalue weighted by Crippen LogP contribution is -2.54. The van der Waals surface area contributed by atoms with E-state index >= 15 is 0 Å². The first-order valence-electron chi connectivity index (χ1n) is 19.8. The van der Waals surface area contributed by atoms with E-state index < -0.39 is 8.07 Å². The fourth-order valence-electron chi connectivity index (χ4n) is 8.53. The monoisotopic (exact) mass is 682 g/mol. The summed E-state index contributed by atoms with van der Waals surface area (Å²) in [5.74, 6) is 0. The zero-order valence-electron chi connectivity index (χ0n) is 32.2. The Kier molecular flexibility index (Phi) is 12.4. The highest BCUT2D eigenvalue weighted by atomic mass is 28.3. The van der Waals surface area contributed by atoms with Crippen molar-refractivity contribution in [3.8, 4) is 11.1 Å². The van der Waals surface area contributed by atoms with Gasteiger partial charge in [0, 0.05) is 11.0 Å². The second-order valence-electron chi connectivity index (χ2n) is 16.7. The van der Waals surface area contributed by atoms with Crippen LogP contribution in [0.25, 0.3) is 11.1 Å². The second-order valence-corrected chi connectivity index (χ2v) is 21.1. The molecule has 0 spiro atoms. The molecule has 0 bridgehead atoms. The Bertz CT molecular complexity index is 1500. The highest BCUT2D eigenvalue weighted by Crippen LogP contribution is 2.55. The first-order chi connectivity index (χ1) is 23.4. The summed E-state index contributed by atoms with van der Waals surface area (Å²) in [4.78, 5) is 0. The van der Waals surface area contributed by atoms with Crippen LogP contribution in [0.1, 0.15) is 160 Å². The van der Waals surface area contributed by atoms with E-state index in [2.05, 4.69) is 115 Å². The molecule has 4 heteroatoms. The molecule has 3 aromatic carbocycles. The van der Waals surface area contributed by atoms with E-state index in [1.165, 1.54) is 123 Å². The molecular weight excluding hydrogens is 617 g/mol. The summed E-state index contributed by atoms with van der Waals surface area (Å²) in [5, 5.41) is 13.1. The van der Waals surface area contributed by atoms with E-state index in [0.717, 1.165) is 11.1 Å². The molecule has 0 radical (unpaired) electrons. The van der Waals surface area contributed by atoms with Gasteiger partial charge in [0.2, 0.25) is 0 Å². The Labute approximate surface area is 300 Å². The number of aliphatic hydroxyl groups excluding tert-OH is 1. The molecule has 3 aromatic rings. The van der Waals surface area contributed by atoms with Crippen molar-refractivity contribution in [2.24, 2.45) is 0 Å². The number of benzene rings is 3. The molecule has 5 rings (SSSR count). The van der Waals surface area contributed by atoms with Crippen LogP contribution in [0.15, 0.2) is 60.7 Å². The number of rotatable bonds is 18. The quantitative estimate of drug-likeness (QED) is 0.107. The van der Waals surface area contributed by atoms with Gasteiger partial charge < -0.3 is 14.6 Å². The van der Waals surface area contributed by atoms with Crippen molar-refractivity contribution in [2.75, 3.05) is 0 Å². The molecule has 1 aliphatic heterocycles. The minimum Gasteiger partial charge on any atom is -0.392 e. The summed E-state index contributed by atoms with van der Waals surface area (Å²) in [7, 11) is -2.10. The fourth-order valence-corrected chi connectivity index (χ4v) is 11.3. The molecule has 1 N–H and O–H groups in total. The van der Waals surface area contributed by atoms with Crippen molar-refractivity contribution in [3.05, 3.63) is 82.9 Å². The predicted octanol–water partition coefficient (Wildman–Crippen LogP) is 11.4. The van der Waals surface area contributed by atoms with Gasteiger partial charge in [0.15, 0.2) is 6.29 Å². The molecule has 1 saturated heterocycles. The van der Waals surface area contributed by atoms with Crippen LogP contribution in [-0.4, -0.2) is 24.4 Å². The summed E-state index contributed by atoms with van der Waals surface area (Å²) < 4.78 is 13.2. The molecule has 1 aliphatic carbocycles. The zero-order valence-corrected chi connectivity index (χ0v) is 33.2. The number of hydrogen-bond donors (Lipinski definition) is 1. The van der Waals surface area contributed by atoms with Gasteiger partial charge in [0.25, 0.3) is 0 Å². The number of ether oxygens (including phenoxy) is 2. The van der Waals surface area contributed by atoms with Crippen LogP contribution in [0.4, 0.5) is 0 Å². The lowest BCUT2D eigenvalue weighted by molar-refractivity contribution is -0.0896. The molecule has 49 heavy (non-hydrogen) atoms. The van der Waals surface area contributed by atoms with Gasteiger partial charge in [-0.2, -0.15) is 0 Å². The number of unbranched alkanes of at least 4 members (excludes halogenated alkanes) is 10. The van der Waals surface area contributed by atoms with Gasteiger partial charge in [-0.25, -0.2) is 0 Å². The van der Waals surface area contributed by atoms with Crippen molar-refractivity contribution in [3.63, 3.8) is 0 Å². The van der Waals surface area contributed by atoms with Gasteiger partial charge in [-0.05, 0) is 79.6 Å². The lowest BCUT2D eigenvalue weighted by atomic mass is 9.70. The molecule has 0 atom stereocenters. The SMILES string of the molecule is CCCCCCCCC1(CCCCCCCC)c2cc(C3OC(C)(C)C(C)(C)O3)ccc2-c2ccc([Si](C)(C)c3ccccc3CO)cc21. The van der Waals surface area contributed by atoms with E-state index in [-0.39, 0.29) is 29.5 Å². The van der Waals surface area contributed by atoms with Gasteiger partial charge in [0.1, 0.15) is 8.07 Å². The molecule has 3 nitrogen and oxygen atoms in total. The molecule has 0 unspecified atom stereocenters. The van der Waals surface area contributed by atoms with E-state index in [1.54, 1.807) is 0 Å². The van der Waals surface area contributed by atoms with E-state index in [1.807, 2.05) is 0 Å². The van der Waals surface area contributed by atoms with Crippen LogP contribution in [0, 0.1) is 0 Å². The van der Waals surface area contributed by atoms with E-state index in [0.29, 0.717) is 0 Å². The van der Waals surface area contributed by atoms with Crippen LogP contribution < -0.4 is 10.4 Å². The van der Waals surface area contributed by atoms with Crippen LogP contribution in [0.5, 0.6) is 0 Å². The van der Waals surface area contributed by atoms with Crippen LogP contribution >= 0.6 is 0 Å². The van der Waals surface area contributed by atoms with Gasteiger partial charge >= 0.3 is 0 Å². The van der Waals surface area contributed by atoms with Gasteiger partial charge in [0.05, 0.1) is 17.8 Å². The van der Waals surface area contributed by atoms with Crippen molar-refractivity contribution in [1.29, 1.82) is 0 Å². The van der Waals surface area contributed by atoms with Crippen molar-refractivity contribution in [1.82, 2.24) is 0 Å². The smallest absolute Gasteiger partial charge is 0.185 e. The summed E-state index contributed by atoms with van der Waals surface area (Å²) in [6.07, 6.45) is 17.7. The molecular formula is C45H66O3Si. The Morgan fingerprint density at radius 1 is 0.633 bits per heavy atom. The standard InChI is InChI=1S/C45H66O3Si/c1-9-11-13-15-17-21-29-45(30-22-18-16-14-12-10-2)39-31-34(42-47-43(3,4)44(5,6)48-42)25-27-37(39)38-28-26-36(32-40(38)45)49(7,8)41-24-20-19-23-35(41)33-46/h19-20,23-28,31-32,42,46H,9-18,21-22,29-30,33H2,1-8H3. The second kappa shape index (κ2) is 16.0. The third-order valence-electron chi connectivity index (χ3n) is 12.4. The van der Waals surface area contributed by atoms with Crippen molar-refractivity contribution < 1.29 is 14.6 Å². The number of aliphatic hydroxyl groups is 1. The minimum atomic E-state index is -2.10. The summed E-state index contributed by atoms with van der Waals surface area (Å²) >= 11 is 0. The third kappa shape index (κ3) is 7.83. The maximum Gasteiger partial charge on any atom is 0.185 e. The summed E-state index contributed by atoms with van der Waals surface area (Å²) in [5.41, 5.74) is 7.28. The molecule has 2 aliphatic rings. The Balaban J connectivity index is 1.60. The van der Waals surface area contributed by atoms with Gasteiger partial charge in [-0.15, -0.1) is 0 Å². The molecule has 1 fully saturated rings. The minimum absolute atomic E-state index is 0.0309. The first-order valence-corrected chi connectivity index (χ1v) is 22.8. The van der Waals surface area contributed by atoms with Gasteiger partial charge in [-0.1, -0.05) is 164 Å². The van der Waals surface area contributed by atoms with Crippen LogP contribution in [0.3, 0.4) is 0 Å². The zero-order chi connectivity index (χ0) is 35.3. The van der Waals surface area contributed by atoms with Crippen molar-refractivity contribution in [2.45, 2.75) is 174 Å². The number of fused-ring (bicyclic) bond motifs is 3. The largest absolute Gasteiger partial charge is 0.392 e. The molecule has 0 saturated carbocycles. The lowest BCUT2D eigenvalue weighted by Gasteiger charge is -2.35. The Morgan fingerprint density at radius 3 is 1.71 bits per heavy atom. The first kappa shape index (κ1) is 38.0. The topological polar surface area (TPSA) is 38.7 Å². The van der Waals surface area contributed by atoms with Crippen molar-refractivity contribution >= 4 is 18.4 Å².